The van der Waals surface area contributed by atoms with Crippen molar-refractivity contribution in [2.24, 2.45) is 5.92 Å². The molecule has 0 bridgehead atoms. The molecule has 1 N–H and O–H groups in total. The summed E-state index contributed by atoms with van der Waals surface area (Å²) >= 11 is 0. The lowest BCUT2D eigenvalue weighted by Crippen LogP contribution is -2.20. The average Bonchev–Trinajstić information content (AvgIpc) is 2.82. The number of aliphatic hydroxyl groups is 1. The van der Waals surface area contributed by atoms with Gasteiger partial charge < -0.3 is 14.6 Å². The van der Waals surface area contributed by atoms with Crippen molar-refractivity contribution in [3.8, 4) is 11.5 Å². The van der Waals surface area contributed by atoms with Crippen LogP contribution in [0.4, 0.5) is 13.2 Å². The van der Waals surface area contributed by atoms with E-state index in [1.54, 1.807) is 24.3 Å². The number of aliphatic hydroxyl groups excluding tert-OH is 1. The summed E-state index contributed by atoms with van der Waals surface area (Å²) < 4.78 is 54.4. The van der Waals surface area contributed by atoms with E-state index in [-0.39, 0.29) is 29.9 Å². The number of benzene rings is 2. The van der Waals surface area contributed by atoms with Gasteiger partial charge in [-0.05, 0) is 79.7 Å². The molecule has 2 aromatic rings. The summed E-state index contributed by atoms with van der Waals surface area (Å²) in [5, 5.41) is 10.0. The van der Waals surface area contributed by atoms with Crippen molar-refractivity contribution in [3.63, 3.8) is 0 Å². The zero-order valence-electron chi connectivity index (χ0n) is 19.2. The first-order valence-electron chi connectivity index (χ1n) is 11.8. The van der Waals surface area contributed by atoms with Crippen LogP contribution in [0, 0.1) is 23.4 Å². The highest BCUT2D eigenvalue weighted by Crippen LogP contribution is 2.39. The molecule has 1 atom stereocenters. The Bertz CT molecular complexity index is 923. The smallest absolute Gasteiger partial charge is 0.200 e. The molecule has 0 spiro atoms. The van der Waals surface area contributed by atoms with Crippen LogP contribution in [0.3, 0.4) is 0 Å². The van der Waals surface area contributed by atoms with Gasteiger partial charge in [0, 0.05) is 0 Å². The fourth-order valence-electron chi connectivity index (χ4n) is 4.35. The lowest BCUT2D eigenvalue weighted by atomic mass is 9.79. The van der Waals surface area contributed by atoms with E-state index in [1.807, 2.05) is 6.92 Å². The van der Waals surface area contributed by atoms with Crippen LogP contribution in [0.5, 0.6) is 11.5 Å². The average molecular weight is 463 g/mol. The summed E-state index contributed by atoms with van der Waals surface area (Å²) in [4.78, 5) is 0. The second-order valence-electron chi connectivity index (χ2n) is 8.73. The van der Waals surface area contributed by atoms with Crippen LogP contribution in [0.1, 0.15) is 75.0 Å². The Kier molecular flexibility index (Phi) is 9.24. The number of ether oxygens (including phenoxy) is 2. The molecule has 0 aliphatic heterocycles. The standard InChI is InChI=1S/C27H33F3O3/c1-3-5-15-32-25-14-12-21(26(29)27(25)30)19-9-7-18(8-10-19)17-33-24-13-11-20(16-22(24)28)23(31)6-4-2/h3,11-14,16,18-19,23,31H,1,4-10,15,17H2,2H3. The van der Waals surface area contributed by atoms with E-state index in [9.17, 15) is 18.3 Å². The van der Waals surface area contributed by atoms with Crippen LogP contribution in [-0.2, 0) is 0 Å². The minimum absolute atomic E-state index is 0.0611. The summed E-state index contributed by atoms with van der Waals surface area (Å²) in [5.41, 5.74) is 0.934. The molecule has 3 nitrogen and oxygen atoms in total. The van der Waals surface area contributed by atoms with Crippen molar-refractivity contribution in [2.75, 3.05) is 13.2 Å². The lowest BCUT2D eigenvalue weighted by molar-refractivity contribution is 0.165. The van der Waals surface area contributed by atoms with Crippen molar-refractivity contribution < 1.29 is 27.8 Å². The maximum Gasteiger partial charge on any atom is 0.200 e. The van der Waals surface area contributed by atoms with E-state index in [4.69, 9.17) is 9.47 Å². The van der Waals surface area contributed by atoms with E-state index >= 15 is 0 Å². The van der Waals surface area contributed by atoms with Gasteiger partial charge in [0.25, 0.3) is 0 Å². The second-order valence-corrected chi connectivity index (χ2v) is 8.73. The highest BCUT2D eigenvalue weighted by Gasteiger charge is 2.27. The van der Waals surface area contributed by atoms with Crippen LogP contribution in [0.15, 0.2) is 43.0 Å². The summed E-state index contributed by atoms with van der Waals surface area (Å²) in [6.07, 6.45) is 5.95. The van der Waals surface area contributed by atoms with Gasteiger partial charge in [0.2, 0.25) is 5.82 Å². The van der Waals surface area contributed by atoms with Gasteiger partial charge in [-0.25, -0.2) is 8.78 Å². The summed E-state index contributed by atoms with van der Waals surface area (Å²) in [6.45, 7) is 6.17. The minimum Gasteiger partial charge on any atom is -0.490 e. The van der Waals surface area contributed by atoms with Crippen LogP contribution in [0.25, 0.3) is 0 Å². The van der Waals surface area contributed by atoms with Gasteiger partial charge >= 0.3 is 0 Å². The molecule has 0 aromatic heterocycles. The summed E-state index contributed by atoms with van der Waals surface area (Å²) in [5.74, 6) is -2.00. The summed E-state index contributed by atoms with van der Waals surface area (Å²) in [7, 11) is 0. The van der Waals surface area contributed by atoms with Gasteiger partial charge in [-0.3, -0.25) is 0 Å². The topological polar surface area (TPSA) is 38.7 Å². The molecular formula is C27H33F3O3. The lowest BCUT2D eigenvalue weighted by Gasteiger charge is -2.29. The first-order chi connectivity index (χ1) is 15.9. The molecule has 6 heteroatoms. The highest BCUT2D eigenvalue weighted by atomic mass is 19.2. The Labute approximate surface area is 194 Å². The predicted molar refractivity (Wildman–Crippen MR) is 123 cm³/mol. The number of hydrogen-bond donors (Lipinski definition) is 1. The SMILES string of the molecule is C=CCCOc1ccc(C2CCC(COc3ccc(C(O)CCC)cc3F)CC2)c(F)c1F. The number of rotatable bonds is 11. The maximum absolute atomic E-state index is 14.6. The van der Waals surface area contributed by atoms with Crippen molar-refractivity contribution in [2.45, 2.75) is 63.9 Å². The van der Waals surface area contributed by atoms with Crippen molar-refractivity contribution >= 4 is 0 Å². The molecule has 1 saturated carbocycles. The number of halogens is 3. The van der Waals surface area contributed by atoms with Crippen LogP contribution >= 0.6 is 0 Å². The maximum atomic E-state index is 14.6. The zero-order chi connectivity index (χ0) is 23.8. The molecule has 1 aliphatic rings. The Balaban J connectivity index is 1.52. The van der Waals surface area contributed by atoms with Gasteiger partial charge in [0.05, 0.1) is 19.3 Å². The molecule has 1 fully saturated rings. The fraction of sp³-hybridized carbons (Fsp3) is 0.481. The van der Waals surface area contributed by atoms with E-state index in [2.05, 4.69) is 6.58 Å². The van der Waals surface area contributed by atoms with Crippen LogP contribution in [-0.4, -0.2) is 18.3 Å². The largest absolute Gasteiger partial charge is 0.490 e. The predicted octanol–water partition coefficient (Wildman–Crippen LogP) is 7.25. The molecule has 0 radical (unpaired) electrons. The minimum atomic E-state index is -0.940. The van der Waals surface area contributed by atoms with E-state index < -0.39 is 23.6 Å². The quantitative estimate of drug-likeness (QED) is 0.282. The first kappa shape index (κ1) is 25.2. The van der Waals surface area contributed by atoms with Gasteiger partial charge in [-0.2, -0.15) is 4.39 Å². The third-order valence-electron chi connectivity index (χ3n) is 6.32. The Morgan fingerprint density at radius 3 is 2.42 bits per heavy atom. The van der Waals surface area contributed by atoms with E-state index in [1.165, 1.54) is 12.1 Å². The van der Waals surface area contributed by atoms with Gasteiger partial charge in [-0.15, -0.1) is 6.58 Å². The van der Waals surface area contributed by atoms with E-state index in [0.29, 0.717) is 43.4 Å². The molecule has 33 heavy (non-hydrogen) atoms. The Morgan fingerprint density at radius 2 is 1.76 bits per heavy atom. The third kappa shape index (κ3) is 6.53. The molecule has 3 rings (SSSR count). The van der Waals surface area contributed by atoms with Crippen LogP contribution < -0.4 is 9.47 Å². The Hall–Kier alpha value is -2.47. The molecule has 1 unspecified atom stereocenters. The second kappa shape index (κ2) is 12.1. The molecule has 0 amide bonds. The first-order valence-corrected chi connectivity index (χ1v) is 11.8. The third-order valence-corrected chi connectivity index (χ3v) is 6.32. The number of hydrogen-bond acceptors (Lipinski definition) is 3. The van der Waals surface area contributed by atoms with Crippen molar-refractivity contribution in [1.82, 2.24) is 0 Å². The fourth-order valence-corrected chi connectivity index (χ4v) is 4.35. The highest BCUT2D eigenvalue weighted by molar-refractivity contribution is 5.33. The molecule has 0 heterocycles. The van der Waals surface area contributed by atoms with Crippen LogP contribution in [0.2, 0.25) is 0 Å². The van der Waals surface area contributed by atoms with Crippen molar-refractivity contribution in [3.05, 3.63) is 71.6 Å². The molecule has 0 saturated heterocycles. The van der Waals surface area contributed by atoms with Gasteiger partial charge in [0.15, 0.2) is 23.1 Å². The molecular weight excluding hydrogens is 429 g/mol. The van der Waals surface area contributed by atoms with E-state index in [0.717, 1.165) is 19.3 Å². The van der Waals surface area contributed by atoms with Crippen molar-refractivity contribution in [1.29, 1.82) is 0 Å². The zero-order valence-corrected chi connectivity index (χ0v) is 19.2. The Morgan fingerprint density at radius 1 is 1.03 bits per heavy atom. The normalized spacial score (nSPS) is 19.2. The van der Waals surface area contributed by atoms with Gasteiger partial charge in [0.1, 0.15) is 0 Å². The summed E-state index contributed by atoms with van der Waals surface area (Å²) in [6, 6.07) is 7.70. The monoisotopic (exact) mass is 462 g/mol. The molecule has 180 valence electrons. The molecule has 2 aromatic carbocycles. The molecule has 1 aliphatic carbocycles. The van der Waals surface area contributed by atoms with Gasteiger partial charge in [-0.1, -0.05) is 31.6 Å².